The quantitative estimate of drug-likeness (QED) is 0.228. The van der Waals surface area contributed by atoms with Crippen LogP contribution in [0.5, 0.6) is 0 Å². The van der Waals surface area contributed by atoms with Crippen molar-refractivity contribution in [3.63, 3.8) is 0 Å². The van der Waals surface area contributed by atoms with E-state index in [0.29, 0.717) is 25.0 Å². The second-order valence-corrected chi connectivity index (χ2v) is 7.35. The summed E-state index contributed by atoms with van der Waals surface area (Å²) in [5.74, 6) is 1.38. The van der Waals surface area contributed by atoms with E-state index in [0.717, 1.165) is 39.2 Å². The van der Waals surface area contributed by atoms with Crippen LogP contribution >= 0.6 is 24.0 Å². The molecule has 0 aliphatic carbocycles. The summed E-state index contributed by atoms with van der Waals surface area (Å²) >= 11 is 0. The van der Waals surface area contributed by atoms with E-state index in [1.165, 1.54) is 5.69 Å². The minimum atomic E-state index is 0. The van der Waals surface area contributed by atoms with Crippen LogP contribution in [0.2, 0.25) is 0 Å². The Kier molecular flexibility index (Phi) is 12.7. The lowest BCUT2D eigenvalue weighted by Gasteiger charge is -2.36. The highest BCUT2D eigenvalue weighted by molar-refractivity contribution is 14.0. The fourth-order valence-corrected chi connectivity index (χ4v) is 3.01. The highest BCUT2D eigenvalue weighted by Gasteiger charge is 2.21. The van der Waals surface area contributed by atoms with E-state index in [1.807, 2.05) is 23.1 Å². The first-order valence-electron chi connectivity index (χ1n) is 10.2. The molecule has 0 bridgehead atoms. The van der Waals surface area contributed by atoms with Crippen molar-refractivity contribution in [1.82, 2.24) is 15.5 Å². The SMILES string of the molecule is CN=C(NCCOCCC(C)C)NCC(=O)N1CCN(c2ccccc2)CC1.I. The van der Waals surface area contributed by atoms with E-state index < -0.39 is 0 Å². The average Bonchev–Trinajstić information content (AvgIpc) is 2.73. The van der Waals surface area contributed by atoms with E-state index in [4.69, 9.17) is 4.74 Å². The van der Waals surface area contributed by atoms with E-state index in [-0.39, 0.29) is 36.4 Å². The summed E-state index contributed by atoms with van der Waals surface area (Å²) in [5.41, 5.74) is 1.22. The summed E-state index contributed by atoms with van der Waals surface area (Å²) in [5, 5.41) is 6.28. The molecule has 0 radical (unpaired) electrons. The van der Waals surface area contributed by atoms with E-state index in [9.17, 15) is 4.79 Å². The standard InChI is InChI=1S/C21H35N5O2.HI/c1-18(2)9-15-28-16-10-23-21(22-3)24-17-20(27)26-13-11-25(12-14-26)19-7-5-4-6-8-19;/h4-8,18H,9-17H2,1-3H3,(H2,22,23,24);1H. The van der Waals surface area contributed by atoms with Gasteiger partial charge in [0.15, 0.2) is 5.96 Å². The predicted octanol–water partition coefficient (Wildman–Crippen LogP) is 2.18. The molecule has 1 heterocycles. The van der Waals surface area contributed by atoms with Gasteiger partial charge in [0, 0.05) is 52.1 Å². The van der Waals surface area contributed by atoms with Gasteiger partial charge in [0.2, 0.25) is 5.91 Å². The van der Waals surface area contributed by atoms with Gasteiger partial charge in [-0.25, -0.2) is 0 Å². The molecule has 1 aromatic rings. The zero-order chi connectivity index (χ0) is 20.2. The Morgan fingerprint density at radius 3 is 2.41 bits per heavy atom. The first-order chi connectivity index (χ1) is 13.6. The maximum Gasteiger partial charge on any atom is 0.242 e. The maximum atomic E-state index is 12.5. The highest BCUT2D eigenvalue weighted by Crippen LogP contribution is 2.15. The Hall–Kier alpha value is -1.55. The molecule has 2 rings (SSSR count). The molecule has 0 atom stereocenters. The number of halogens is 1. The van der Waals surface area contributed by atoms with Crippen LogP contribution in [0.15, 0.2) is 35.3 Å². The normalized spacial score (nSPS) is 14.6. The lowest BCUT2D eigenvalue weighted by atomic mass is 10.1. The molecule has 0 saturated carbocycles. The van der Waals surface area contributed by atoms with Gasteiger partial charge in [0.05, 0.1) is 13.2 Å². The van der Waals surface area contributed by atoms with E-state index in [2.05, 4.69) is 46.5 Å². The maximum absolute atomic E-state index is 12.5. The Morgan fingerprint density at radius 2 is 1.79 bits per heavy atom. The number of guanidine groups is 1. The van der Waals surface area contributed by atoms with Gasteiger partial charge in [-0.15, -0.1) is 24.0 Å². The number of carbonyl (C=O) groups is 1. The smallest absolute Gasteiger partial charge is 0.242 e. The number of nitrogens with one attached hydrogen (secondary N) is 2. The number of aliphatic imine (C=N–C) groups is 1. The summed E-state index contributed by atoms with van der Waals surface area (Å²) in [6, 6.07) is 10.3. The van der Waals surface area contributed by atoms with Crippen LogP contribution in [0.25, 0.3) is 0 Å². The van der Waals surface area contributed by atoms with Gasteiger partial charge in [-0.2, -0.15) is 0 Å². The number of hydrogen-bond acceptors (Lipinski definition) is 4. The number of rotatable bonds is 9. The molecule has 8 heteroatoms. The molecule has 7 nitrogen and oxygen atoms in total. The first-order valence-corrected chi connectivity index (χ1v) is 10.2. The Labute approximate surface area is 192 Å². The molecule has 164 valence electrons. The van der Waals surface area contributed by atoms with Crippen molar-refractivity contribution < 1.29 is 9.53 Å². The molecular weight excluding hydrogens is 481 g/mol. The molecule has 29 heavy (non-hydrogen) atoms. The number of amides is 1. The summed E-state index contributed by atoms with van der Waals surface area (Å²) in [6.07, 6.45) is 1.07. The van der Waals surface area contributed by atoms with Crippen molar-refractivity contribution in [3.8, 4) is 0 Å². The first kappa shape index (κ1) is 25.5. The Bertz CT molecular complexity index is 604. The van der Waals surface area contributed by atoms with Gasteiger partial charge < -0.3 is 25.2 Å². The largest absolute Gasteiger partial charge is 0.380 e. The molecule has 1 aliphatic rings. The fraction of sp³-hybridized carbons (Fsp3) is 0.619. The van der Waals surface area contributed by atoms with Gasteiger partial charge in [-0.3, -0.25) is 9.79 Å². The summed E-state index contributed by atoms with van der Waals surface area (Å²) in [7, 11) is 1.71. The average molecular weight is 517 g/mol. The van der Waals surface area contributed by atoms with Gasteiger partial charge >= 0.3 is 0 Å². The van der Waals surface area contributed by atoms with Crippen LogP contribution in [0.4, 0.5) is 5.69 Å². The molecule has 2 N–H and O–H groups in total. The van der Waals surface area contributed by atoms with Gasteiger partial charge in [0.25, 0.3) is 0 Å². The van der Waals surface area contributed by atoms with Crippen molar-refractivity contribution in [1.29, 1.82) is 0 Å². The third-order valence-electron chi connectivity index (χ3n) is 4.76. The number of benzene rings is 1. The summed E-state index contributed by atoms with van der Waals surface area (Å²) < 4.78 is 5.58. The molecule has 1 saturated heterocycles. The number of carbonyl (C=O) groups excluding carboxylic acids is 1. The van der Waals surface area contributed by atoms with E-state index in [1.54, 1.807) is 7.05 Å². The molecule has 1 aromatic carbocycles. The number of hydrogen-bond donors (Lipinski definition) is 2. The molecule has 0 aromatic heterocycles. The van der Waals surface area contributed by atoms with Crippen LogP contribution in [-0.2, 0) is 9.53 Å². The minimum Gasteiger partial charge on any atom is -0.380 e. The van der Waals surface area contributed by atoms with Crippen molar-refractivity contribution in [2.24, 2.45) is 10.9 Å². The number of para-hydroxylation sites is 1. The number of nitrogens with zero attached hydrogens (tertiary/aromatic N) is 3. The molecule has 0 unspecified atom stereocenters. The van der Waals surface area contributed by atoms with Crippen molar-refractivity contribution in [2.45, 2.75) is 20.3 Å². The number of piperazine rings is 1. The highest BCUT2D eigenvalue weighted by atomic mass is 127. The summed E-state index contributed by atoms with van der Waals surface area (Å²) in [6.45, 7) is 9.89. The second kappa shape index (κ2) is 14.4. The second-order valence-electron chi connectivity index (χ2n) is 7.35. The molecular formula is C21H36IN5O2. The van der Waals surface area contributed by atoms with Gasteiger partial charge in [-0.05, 0) is 24.5 Å². The summed E-state index contributed by atoms with van der Waals surface area (Å²) in [4.78, 5) is 20.9. The van der Waals surface area contributed by atoms with Crippen molar-refractivity contribution in [3.05, 3.63) is 30.3 Å². The third kappa shape index (κ3) is 9.66. The fourth-order valence-electron chi connectivity index (χ4n) is 3.01. The zero-order valence-corrected chi connectivity index (χ0v) is 20.2. The lowest BCUT2D eigenvalue weighted by molar-refractivity contribution is -0.130. The van der Waals surface area contributed by atoms with Crippen molar-refractivity contribution in [2.75, 3.05) is 64.4 Å². The topological polar surface area (TPSA) is 69.2 Å². The Morgan fingerprint density at radius 1 is 1.10 bits per heavy atom. The van der Waals surface area contributed by atoms with Gasteiger partial charge in [-0.1, -0.05) is 32.0 Å². The minimum absolute atomic E-state index is 0. The number of anilines is 1. The third-order valence-corrected chi connectivity index (χ3v) is 4.76. The van der Waals surface area contributed by atoms with Crippen LogP contribution in [0.1, 0.15) is 20.3 Å². The van der Waals surface area contributed by atoms with E-state index >= 15 is 0 Å². The van der Waals surface area contributed by atoms with Crippen molar-refractivity contribution >= 4 is 41.5 Å². The zero-order valence-electron chi connectivity index (χ0n) is 17.9. The van der Waals surface area contributed by atoms with Crippen LogP contribution < -0.4 is 15.5 Å². The number of ether oxygens (including phenoxy) is 1. The van der Waals surface area contributed by atoms with Crippen LogP contribution in [0.3, 0.4) is 0 Å². The Balaban J connectivity index is 0.00000420. The molecule has 1 fully saturated rings. The predicted molar refractivity (Wildman–Crippen MR) is 130 cm³/mol. The monoisotopic (exact) mass is 517 g/mol. The molecule has 1 aliphatic heterocycles. The van der Waals surface area contributed by atoms with Crippen LogP contribution in [-0.4, -0.2) is 76.3 Å². The lowest BCUT2D eigenvalue weighted by Crippen LogP contribution is -2.52. The van der Waals surface area contributed by atoms with Gasteiger partial charge in [0.1, 0.15) is 0 Å². The van der Waals surface area contributed by atoms with Crippen LogP contribution in [0, 0.1) is 5.92 Å². The molecule has 1 amide bonds. The molecule has 0 spiro atoms.